The average molecular weight is 278 g/mol. The van der Waals surface area contributed by atoms with E-state index >= 15 is 0 Å². The molecule has 1 aliphatic rings. The van der Waals surface area contributed by atoms with Gasteiger partial charge in [-0.25, -0.2) is 0 Å². The van der Waals surface area contributed by atoms with E-state index in [2.05, 4.69) is 10.6 Å². The van der Waals surface area contributed by atoms with E-state index in [1.54, 1.807) is 24.3 Å². The van der Waals surface area contributed by atoms with Gasteiger partial charge >= 0.3 is 0 Å². The second kappa shape index (κ2) is 5.88. The quantitative estimate of drug-likeness (QED) is 0.876. The SMILES string of the molecule is CC(=O)Nc1ccc(C(=O)NC2CCSC2=O)cc1. The molecule has 1 aromatic carbocycles. The van der Waals surface area contributed by atoms with Gasteiger partial charge in [0, 0.05) is 23.9 Å². The first kappa shape index (κ1) is 13.6. The lowest BCUT2D eigenvalue weighted by Crippen LogP contribution is -2.37. The Morgan fingerprint density at radius 1 is 1.26 bits per heavy atom. The summed E-state index contributed by atoms with van der Waals surface area (Å²) in [4.78, 5) is 34.2. The first-order valence-electron chi connectivity index (χ1n) is 5.91. The van der Waals surface area contributed by atoms with Gasteiger partial charge in [0.2, 0.25) is 11.0 Å². The van der Waals surface area contributed by atoms with Gasteiger partial charge in [-0.3, -0.25) is 14.4 Å². The molecule has 0 aromatic heterocycles. The average Bonchev–Trinajstić information content (AvgIpc) is 2.75. The summed E-state index contributed by atoms with van der Waals surface area (Å²) in [6, 6.07) is 6.16. The molecule has 1 atom stereocenters. The molecule has 0 aliphatic carbocycles. The van der Waals surface area contributed by atoms with Crippen LogP contribution in [0.5, 0.6) is 0 Å². The van der Waals surface area contributed by atoms with E-state index in [0.29, 0.717) is 17.7 Å². The highest BCUT2D eigenvalue weighted by atomic mass is 32.2. The van der Waals surface area contributed by atoms with Crippen molar-refractivity contribution in [1.29, 1.82) is 0 Å². The molecular formula is C13H14N2O3S. The monoisotopic (exact) mass is 278 g/mol. The molecule has 1 aromatic rings. The number of benzene rings is 1. The van der Waals surface area contributed by atoms with Crippen molar-refractivity contribution in [3.63, 3.8) is 0 Å². The fourth-order valence-corrected chi connectivity index (χ4v) is 2.71. The Hall–Kier alpha value is -1.82. The minimum absolute atomic E-state index is 0.0169. The van der Waals surface area contributed by atoms with Gasteiger partial charge in [0.15, 0.2) is 0 Å². The summed E-state index contributed by atoms with van der Waals surface area (Å²) in [5.41, 5.74) is 1.11. The molecule has 0 radical (unpaired) electrons. The predicted octanol–water partition coefficient (Wildman–Crippen LogP) is 1.41. The van der Waals surface area contributed by atoms with Crippen LogP contribution in [0.15, 0.2) is 24.3 Å². The van der Waals surface area contributed by atoms with Crippen LogP contribution in [0.4, 0.5) is 5.69 Å². The van der Waals surface area contributed by atoms with Crippen molar-refractivity contribution in [1.82, 2.24) is 5.32 Å². The maximum atomic E-state index is 11.9. The van der Waals surface area contributed by atoms with Crippen LogP contribution in [0.1, 0.15) is 23.7 Å². The van der Waals surface area contributed by atoms with Crippen molar-refractivity contribution in [2.24, 2.45) is 0 Å². The molecule has 19 heavy (non-hydrogen) atoms. The summed E-state index contributed by atoms with van der Waals surface area (Å²) in [7, 11) is 0. The largest absolute Gasteiger partial charge is 0.341 e. The Bertz CT molecular complexity index is 513. The highest BCUT2D eigenvalue weighted by Gasteiger charge is 2.26. The number of amides is 2. The molecule has 1 aliphatic heterocycles. The number of rotatable bonds is 3. The minimum atomic E-state index is -0.382. The van der Waals surface area contributed by atoms with Crippen LogP contribution in [0.25, 0.3) is 0 Å². The van der Waals surface area contributed by atoms with Crippen molar-refractivity contribution >= 4 is 34.4 Å². The fraction of sp³-hybridized carbons (Fsp3) is 0.308. The van der Waals surface area contributed by atoms with Crippen molar-refractivity contribution in [2.45, 2.75) is 19.4 Å². The third-order valence-corrected chi connectivity index (χ3v) is 3.72. The number of hydrogen-bond donors (Lipinski definition) is 2. The molecular weight excluding hydrogens is 264 g/mol. The lowest BCUT2D eigenvalue weighted by molar-refractivity contribution is -0.114. The molecule has 2 rings (SSSR count). The molecule has 0 saturated carbocycles. The van der Waals surface area contributed by atoms with Crippen molar-refractivity contribution in [3.8, 4) is 0 Å². The highest BCUT2D eigenvalue weighted by molar-refractivity contribution is 8.14. The predicted molar refractivity (Wildman–Crippen MR) is 74.1 cm³/mol. The number of nitrogens with one attached hydrogen (secondary N) is 2. The van der Waals surface area contributed by atoms with E-state index < -0.39 is 0 Å². The zero-order chi connectivity index (χ0) is 13.8. The van der Waals surface area contributed by atoms with Gasteiger partial charge in [-0.2, -0.15) is 0 Å². The van der Waals surface area contributed by atoms with Crippen molar-refractivity contribution in [2.75, 3.05) is 11.1 Å². The molecule has 1 heterocycles. The van der Waals surface area contributed by atoms with E-state index in [1.807, 2.05) is 0 Å². The molecule has 100 valence electrons. The Morgan fingerprint density at radius 2 is 1.95 bits per heavy atom. The molecule has 5 nitrogen and oxygen atoms in total. The molecule has 0 spiro atoms. The number of carbonyl (C=O) groups excluding carboxylic acids is 3. The summed E-state index contributed by atoms with van der Waals surface area (Å²) < 4.78 is 0. The van der Waals surface area contributed by atoms with Gasteiger partial charge in [0.05, 0.1) is 6.04 Å². The van der Waals surface area contributed by atoms with Gasteiger partial charge in [0.25, 0.3) is 5.91 Å². The second-order valence-corrected chi connectivity index (χ2v) is 5.34. The van der Waals surface area contributed by atoms with E-state index in [1.165, 1.54) is 18.7 Å². The lowest BCUT2D eigenvalue weighted by atomic mass is 10.1. The van der Waals surface area contributed by atoms with E-state index in [9.17, 15) is 14.4 Å². The van der Waals surface area contributed by atoms with Crippen LogP contribution >= 0.6 is 11.8 Å². The molecule has 6 heteroatoms. The first-order chi connectivity index (χ1) is 9.06. The Morgan fingerprint density at radius 3 is 2.47 bits per heavy atom. The van der Waals surface area contributed by atoms with Crippen LogP contribution in [-0.4, -0.2) is 28.7 Å². The highest BCUT2D eigenvalue weighted by Crippen LogP contribution is 2.20. The summed E-state index contributed by atoms with van der Waals surface area (Å²) >= 11 is 1.25. The maximum Gasteiger partial charge on any atom is 0.251 e. The fourth-order valence-electron chi connectivity index (χ4n) is 1.78. The van der Waals surface area contributed by atoms with Crippen LogP contribution in [0.3, 0.4) is 0 Å². The van der Waals surface area contributed by atoms with Crippen LogP contribution in [0, 0.1) is 0 Å². The topological polar surface area (TPSA) is 75.3 Å². The smallest absolute Gasteiger partial charge is 0.251 e. The Labute approximate surface area is 115 Å². The maximum absolute atomic E-state index is 11.9. The summed E-state index contributed by atoms with van der Waals surface area (Å²) in [6.07, 6.45) is 0.680. The molecule has 1 unspecified atom stereocenters. The molecule has 2 N–H and O–H groups in total. The third-order valence-electron chi connectivity index (χ3n) is 2.71. The Balaban J connectivity index is 1.99. The minimum Gasteiger partial charge on any atom is -0.341 e. The molecule has 1 fully saturated rings. The van der Waals surface area contributed by atoms with E-state index in [0.717, 1.165) is 5.75 Å². The van der Waals surface area contributed by atoms with Gasteiger partial charge < -0.3 is 10.6 Å². The van der Waals surface area contributed by atoms with Gasteiger partial charge in [-0.05, 0) is 30.7 Å². The number of thioether (sulfide) groups is 1. The van der Waals surface area contributed by atoms with Crippen molar-refractivity contribution in [3.05, 3.63) is 29.8 Å². The zero-order valence-electron chi connectivity index (χ0n) is 10.4. The standard InChI is InChI=1S/C13H14N2O3S/c1-8(16)14-10-4-2-9(3-5-10)12(17)15-11-6-7-19-13(11)18/h2-5,11H,6-7H2,1H3,(H,14,16)(H,15,17). The summed E-state index contributed by atoms with van der Waals surface area (Å²) in [6.45, 7) is 1.42. The van der Waals surface area contributed by atoms with Crippen LogP contribution in [0.2, 0.25) is 0 Å². The van der Waals surface area contributed by atoms with Gasteiger partial charge in [0.1, 0.15) is 0 Å². The lowest BCUT2D eigenvalue weighted by Gasteiger charge is -2.10. The molecule has 1 saturated heterocycles. The normalized spacial score (nSPS) is 18.2. The molecule has 0 bridgehead atoms. The summed E-state index contributed by atoms with van der Waals surface area (Å²) in [5.74, 6) is 0.326. The second-order valence-electron chi connectivity index (χ2n) is 4.24. The van der Waals surface area contributed by atoms with E-state index in [4.69, 9.17) is 0 Å². The first-order valence-corrected chi connectivity index (χ1v) is 6.90. The van der Waals surface area contributed by atoms with Gasteiger partial charge in [-0.15, -0.1) is 0 Å². The number of carbonyl (C=O) groups is 3. The summed E-state index contributed by atoms with van der Waals surface area (Å²) in [5, 5.41) is 5.35. The van der Waals surface area contributed by atoms with Gasteiger partial charge in [-0.1, -0.05) is 11.8 Å². The van der Waals surface area contributed by atoms with Crippen LogP contribution < -0.4 is 10.6 Å². The Kier molecular flexibility index (Phi) is 4.21. The number of anilines is 1. The third kappa shape index (κ3) is 3.57. The molecule has 2 amide bonds. The zero-order valence-corrected chi connectivity index (χ0v) is 11.3. The van der Waals surface area contributed by atoms with Crippen molar-refractivity contribution < 1.29 is 14.4 Å². The van der Waals surface area contributed by atoms with Crippen LogP contribution in [-0.2, 0) is 9.59 Å². The number of hydrogen-bond acceptors (Lipinski definition) is 4. The van der Waals surface area contributed by atoms with E-state index in [-0.39, 0.29) is 23.0 Å².